The van der Waals surface area contributed by atoms with Crippen molar-refractivity contribution < 1.29 is 33.7 Å². The normalized spacial score (nSPS) is 28.8. The Hall–Kier alpha value is -1.91. The molecule has 0 bridgehead atoms. The number of aliphatic hydroxyl groups excluding tert-OH is 1. The van der Waals surface area contributed by atoms with E-state index in [2.05, 4.69) is 4.98 Å². The third-order valence-corrected chi connectivity index (χ3v) is 8.34. The van der Waals surface area contributed by atoms with Gasteiger partial charge in [-0.1, -0.05) is 86.3 Å². The summed E-state index contributed by atoms with van der Waals surface area (Å²) in [5.74, 6) is -2.22. The van der Waals surface area contributed by atoms with E-state index in [1.54, 1.807) is 20.8 Å². The molecule has 234 valence electrons. The number of rotatable bonds is 4. The number of aliphatic hydroxyl groups is 1. The zero-order chi connectivity index (χ0) is 31.8. The molecule has 0 unspecified atom stereocenters. The zero-order valence-electron chi connectivity index (χ0n) is 25.0. The van der Waals surface area contributed by atoms with Crippen LogP contribution in [-0.2, 0) is 23.8 Å². The molecule has 5 atom stereocenters. The maximum Gasteiger partial charge on any atom is 0.508 e. The Kier molecular flexibility index (Phi) is 13.6. The van der Waals surface area contributed by atoms with Crippen molar-refractivity contribution in [3.63, 3.8) is 0 Å². The van der Waals surface area contributed by atoms with Gasteiger partial charge >= 0.3 is 12.1 Å². The molecule has 1 aromatic rings. The van der Waals surface area contributed by atoms with Crippen molar-refractivity contribution in [2.75, 3.05) is 6.61 Å². The van der Waals surface area contributed by atoms with Gasteiger partial charge in [-0.3, -0.25) is 9.59 Å². The molecule has 2 heterocycles. The van der Waals surface area contributed by atoms with Crippen LogP contribution in [0, 0.1) is 24.2 Å². The minimum atomic E-state index is -1.83. The fourth-order valence-corrected chi connectivity index (χ4v) is 5.31. The van der Waals surface area contributed by atoms with E-state index in [1.165, 1.54) is 11.3 Å². The number of Topliss-reactive ketones (excluding diaryl/α,β-unsaturated/α-hetero) is 1. The van der Waals surface area contributed by atoms with Crippen LogP contribution in [0.1, 0.15) is 71.5 Å². The molecular weight excluding hydrogens is 625 g/mol. The maximum atomic E-state index is 13.7. The van der Waals surface area contributed by atoms with Crippen molar-refractivity contribution in [2.45, 2.75) is 89.8 Å². The van der Waals surface area contributed by atoms with Crippen molar-refractivity contribution in [2.24, 2.45) is 17.3 Å². The molecule has 8 nitrogen and oxygen atoms in total. The first kappa shape index (κ1) is 36.3. The van der Waals surface area contributed by atoms with Crippen molar-refractivity contribution in [3.05, 3.63) is 45.5 Å². The molecule has 12 heteroatoms. The molecule has 0 aromatic carbocycles. The molecule has 0 aliphatic carbocycles. The van der Waals surface area contributed by atoms with Gasteiger partial charge in [0.25, 0.3) is 0 Å². The van der Waals surface area contributed by atoms with E-state index < -0.39 is 64.4 Å². The minimum Gasteiger partial charge on any atom is -0.457 e. The highest BCUT2D eigenvalue weighted by atomic mass is 35.6. The van der Waals surface area contributed by atoms with Gasteiger partial charge in [0.1, 0.15) is 24.6 Å². The standard InChI is InChI=1S/C30H40Cl3NO7S/c1-17-9-8-10-18(2)26(41-28(38)39-16-30(31,32)33)20(4)27(37)29(6,7)24(35)14-25(36)40-23(12-11-17)19(3)13-22-15-42-21(5)34-22/h8-9,11,13,15,18,20,23-24,26,35H,10,12,14,16H2,1-7H3/b9-8+,17-11+,19-13+/t18-,20+,23-,24-,26-/m0/s1. The highest BCUT2D eigenvalue weighted by Crippen LogP contribution is 2.34. The molecule has 1 aliphatic heterocycles. The van der Waals surface area contributed by atoms with Crippen molar-refractivity contribution in [1.82, 2.24) is 4.98 Å². The number of hydrogen-bond donors (Lipinski definition) is 1. The van der Waals surface area contributed by atoms with Gasteiger partial charge in [0, 0.05) is 11.8 Å². The topological polar surface area (TPSA) is 112 Å². The largest absolute Gasteiger partial charge is 0.508 e. The number of carbonyl (C=O) groups excluding carboxylic acids is 3. The van der Waals surface area contributed by atoms with Gasteiger partial charge in [-0.2, -0.15) is 0 Å². The number of halogens is 3. The second-order valence-electron chi connectivity index (χ2n) is 11.3. The van der Waals surface area contributed by atoms with Gasteiger partial charge in [0.05, 0.1) is 34.6 Å². The first-order chi connectivity index (χ1) is 19.4. The fourth-order valence-electron chi connectivity index (χ4n) is 4.58. The molecule has 0 saturated carbocycles. The number of allylic oxidation sites excluding steroid dienone is 3. The molecular formula is C30H40Cl3NO7S. The highest BCUT2D eigenvalue weighted by Gasteiger charge is 2.44. The fraction of sp³-hybridized carbons (Fsp3) is 0.600. The summed E-state index contributed by atoms with van der Waals surface area (Å²) in [6.45, 7) is 11.7. The number of thiazole rings is 1. The van der Waals surface area contributed by atoms with Crippen molar-refractivity contribution in [1.29, 1.82) is 0 Å². The maximum absolute atomic E-state index is 13.7. The third kappa shape index (κ3) is 11.3. The average Bonchev–Trinajstić information content (AvgIpc) is 3.30. The van der Waals surface area contributed by atoms with E-state index in [9.17, 15) is 19.5 Å². The van der Waals surface area contributed by atoms with Crippen LogP contribution in [0.15, 0.2) is 34.8 Å². The number of cyclic esters (lactones) is 1. The summed E-state index contributed by atoms with van der Waals surface area (Å²) in [5, 5.41) is 13.9. The first-order valence-corrected chi connectivity index (χ1v) is 15.7. The second-order valence-corrected chi connectivity index (χ2v) is 14.9. The summed E-state index contributed by atoms with van der Waals surface area (Å²) in [6, 6.07) is 0. The van der Waals surface area contributed by atoms with Crippen LogP contribution in [-0.4, -0.2) is 56.7 Å². The van der Waals surface area contributed by atoms with E-state index in [4.69, 9.17) is 49.0 Å². The Morgan fingerprint density at radius 3 is 2.50 bits per heavy atom. The number of alkyl halides is 3. The van der Waals surface area contributed by atoms with E-state index >= 15 is 0 Å². The van der Waals surface area contributed by atoms with Gasteiger partial charge in [0.15, 0.2) is 0 Å². The molecule has 0 spiro atoms. The average molecular weight is 665 g/mol. The number of nitrogens with zero attached hydrogens (tertiary/aromatic N) is 1. The van der Waals surface area contributed by atoms with E-state index in [-0.39, 0.29) is 5.92 Å². The van der Waals surface area contributed by atoms with Gasteiger partial charge < -0.3 is 19.3 Å². The number of aryl methyl sites for hydroxylation is 1. The molecule has 2 rings (SSSR count). The predicted octanol–water partition coefficient (Wildman–Crippen LogP) is 7.57. The monoisotopic (exact) mass is 663 g/mol. The van der Waals surface area contributed by atoms with Crippen LogP contribution in [0.3, 0.4) is 0 Å². The summed E-state index contributed by atoms with van der Waals surface area (Å²) in [4.78, 5) is 43.7. The lowest BCUT2D eigenvalue weighted by molar-refractivity contribution is -0.154. The highest BCUT2D eigenvalue weighted by molar-refractivity contribution is 7.09. The Morgan fingerprint density at radius 1 is 1.24 bits per heavy atom. The lowest BCUT2D eigenvalue weighted by Gasteiger charge is -2.35. The van der Waals surface area contributed by atoms with Crippen LogP contribution >= 0.6 is 46.1 Å². The van der Waals surface area contributed by atoms with Crippen LogP contribution in [0.25, 0.3) is 6.08 Å². The Bertz CT molecular complexity index is 1200. The molecule has 0 amide bonds. The quantitative estimate of drug-likeness (QED) is 0.259. The first-order valence-electron chi connectivity index (χ1n) is 13.7. The second kappa shape index (κ2) is 15.7. The number of ketones is 1. The molecule has 0 radical (unpaired) electrons. The molecule has 0 saturated heterocycles. The van der Waals surface area contributed by atoms with E-state index in [0.29, 0.717) is 12.8 Å². The Balaban J connectivity index is 2.40. The predicted molar refractivity (Wildman–Crippen MR) is 167 cm³/mol. The van der Waals surface area contributed by atoms with Crippen molar-refractivity contribution >= 4 is 70.1 Å². The van der Waals surface area contributed by atoms with Crippen LogP contribution in [0.2, 0.25) is 0 Å². The summed E-state index contributed by atoms with van der Waals surface area (Å²) in [5.41, 5.74) is 1.14. The molecule has 42 heavy (non-hydrogen) atoms. The lowest BCUT2D eigenvalue weighted by atomic mass is 9.73. The number of aromatic nitrogens is 1. The summed E-state index contributed by atoms with van der Waals surface area (Å²) in [7, 11) is 0. The van der Waals surface area contributed by atoms with Gasteiger partial charge in [-0.15, -0.1) is 11.3 Å². The third-order valence-electron chi connectivity index (χ3n) is 7.22. The molecule has 1 aliphatic rings. The summed E-state index contributed by atoms with van der Waals surface area (Å²) < 4.78 is 14.5. The lowest BCUT2D eigenvalue weighted by Crippen LogP contribution is -2.47. The smallest absolute Gasteiger partial charge is 0.457 e. The number of ether oxygens (including phenoxy) is 3. The van der Waals surface area contributed by atoms with Gasteiger partial charge in [-0.05, 0) is 44.8 Å². The van der Waals surface area contributed by atoms with Crippen LogP contribution in [0.4, 0.5) is 4.79 Å². The van der Waals surface area contributed by atoms with Crippen molar-refractivity contribution in [3.8, 4) is 0 Å². The summed E-state index contributed by atoms with van der Waals surface area (Å²) >= 11 is 18.6. The molecule has 0 fully saturated rings. The van der Waals surface area contributed by atoms with E-state index in [0.717, 1.165) is 21.8 Å². The number of carbonyl (C=O) groups is 3. The Labute approximate surface area is 267 Å². The Morgan fingerprint density at radius 2 is 1.90 bits per heavy atom. The number of esters is 1. The zero-order valence-corrected chi connectivity index (χ0v) is 28.1. The summed E-state index contributed by atoms with van der Waals surface area (Å²) in [6.07, 6.45) is 4.19. The van der Waals surface area contributed by atoms with Gasteiger partial charge in [0.2, 0.25) is 3.79 Å². The van der Waals surface area contributed by atoms with Crippen LogP contribution in [0.5, 0.6) is 0 Å². The minimum absolute atomic E-state index is 0.321. The van der Waals surface area contributed by atoms with Crippen LogP contribution < -0.4 is 0 Å². The number of hydrogen-bond acceptors (Lipinski definition) is 9. The molecule has 1 N–H and O–H groups in total. The van der Waals surface area contributed by atoms with Gasteiger partial charge in [-0.25, -0.2) is 9.78 Å². The SMILES string of the molecule is CC1=C\C[C@@H](/C(C)=C/c2csc(C)n2)OC(=O)C[C@H](O)C(C)(C)C(=O)[C@H](C)[C@@H](OC(=O)OCC(Cl)(Cl)Cl)[C@@H](C)C\C=C\1. The molecule has 1 aromatic heterocycles. The van der Waals surface area contributed by atoms with E-state index in [1.807, 2.05) is 57.4 Å².